The Balaban J connectivity index is 1.96. The van der Waals surface area contributed by atoms with Crippen LogP contribution in [0.3, 0.4) is 0 Å². The van der Waals surface area contributed by atoms with E-state index in [9.17, 15) is 14.6 Å². The number of halogens is 1. The molecule has 0 amide bonds. The van der Waals surface area contributed by atoms with E-state index in [1.165, 1.54) is 25.3 Å². The molecule has 0 bridgehead atoms. The highest BCUT2D eigenvalue weighted by Gasteiger charge is 2.30. The number of rotatable bonds is 2. The summed E-state index contributed by atoms with van der Waals surface area (Å²) >= 11 is 0. The van der Waals surface area contributed by atoms with E-state index >= 15 is 0 Å². The summed E-state index contributed by atoms with van der Waals surface area (Å²) in [5.74, 6) is 0.253. The molecule has 0 fully saturated rings. The molecule has 1 aliphatic rings. The highest BCUT2D eigenvalue weighted by molar-refractivity contribution is 5.43. The van der Waals surface area contributed by atoms with E-state index in [-0.39, 0.29) is 11.5 Å². The molecule has 0 aliphatic carbocycles. The number of methoxy groups -OCH3 is 1. The predicted octanol–water partition coefficient (Wildman–Crippen LogP) is 2.58. The zero-order valence-corrected chi connectivity index (χ0v) is 11.4. The summed E-state index contributed by atoms with van der Waals surface area (Å²) < 4.78 is 24.2. The van der Waals surface area contributed by atoms with Crippen molar-refractivity contribution in [2.24, 2.45) is 0 Å². The number of aromatic hydroxyl groups is 1. The average molecular weight is 290 g/mol. The highest BCUT2D eigenvalue weighted by atomic mass is 19.1. The first kappa shape index (κ1) is 13.7. The molecule has 3 rings (SSSR count). The Morgan fingerprint density at radius 2 is 2.05 bits per heavy atom. The number of hydrogen-bond acceptors (Lipinski definition) is 4. The molecule has 1 aliphatic heterocycles. The normalized spacial score (nSPS) is 20.5. The SMILES string of the molecule is COc1cc([C@H]2Oc3cc(O)ccc3C[C@H]2O)ccc1F. The Labute approximate surface area is 121 Å². The Morgan fingerprint density at radius 1 is 1.24 bits per heavy atom. The van der Waals surface area contributed by atoms with Crippen molar-refractivity contribution in [1.82, 2.24) is 0 Å². The summed E-state index contributed by atoms with van der Waals surface area (Å²) in [5.41, 5.74) is 1.44. The van der Waals surface area contributed by atoms with Gasteiger partial charge in [0.2, 0.25) is 0 Å². The number of aliphatic hydroxyl groups is 1. The van der Waals surface area contributed by atoms with E-state index in [1.54, 1.807) is 18.2 Å². The van der Waals surface area contributed by atoms with E-state index in [1.807, 2.05) is 0 Å². The largest absolute Gasteiger partial charge is 0.508 e. The van der Waals surface area contributed by atoms with Gasteiger partial charge < -0.3 is 19.7 Å². The van der Waals surface area contributed by atoms with Crippen LogP contribution >= 0.6 is 0 Å². The minimum Gasteiger partial charge on any atom is -0.508 e. The lowest BCUT2D eigenvalue weighted by Crippen LogP contribution is -2.30. The lowest BCUT2D eigenvalue weighted by Gasteiger charge is -2.31. The van der Waals surface area contributed by atoms with E-state index in [2.05, 4.69) is 0 Å². The zero-order chi connectivity index (χ0) is 15.0. The number of fused-ring (bicyclic) bond motifs is 1. The minimum atomic E-state index is -0.753. The highest BCUT2D eigenvalue weighted by Crippen LogP contribution is 2.38. The second-order valence-electron chi connectivity index (χ2n) is 5.00. The van der Waals surface area contributed by atoms with Crippen LogP contribution in [0.1, 0.15) is 17.2 Å². The summed E-state index contributed by atoms with van der Waals surface area (Å²) in [6.45, 7) is 0. The molecule has 0 spiro atoms. The predicted molar refractivity (Wildman–Crippen MR) is 74.1 cm³/mol. The van der Waals surface area contributed by atoms with Gasteiger partial charge >= 0.3 is 0 Å². The van der Waals surface area contributed by atoms with Crippen LogP contribution in [0.5, 0.6) is 17.2 Å². The molecule has 2 aromatic rings. The van der Waals surface area contributed by atoms with E-state index in [0.717, 1.165) is 5.56 Å². The Hall–Kier alpha value is -2.27. The first-order valence-electron chi connectivity index (χ1n) is 6.58. The maximum absolute atomic E-state index is 13.5. The smallest absolute Gasteiger partial charge is 0.165 e. The quantitative estimate of drug-likeness (QED) is 0.892. The van der Waals surface area contributed by atoms with E-state index in [4.69, 9.17) is 9.47 Å². The van der Waals surface area contributed by atoms with Gasteiger partial charge in [-0.25, -0.2) is 4.39 Å². The van der Waals surface area contributed by atoms with E-state index in [0.29, 0.717) is 17.7 Å². The van der Waals surface area contributed by atoms with Crippen molar-refractivity contribution in [3.63, 3.8) is 0 Å². The first-order chi connectivity index (χ1) is 10.1. The van der Waals surface area contributed by atoms with Crippen molar-refractivity contribution in [2.45, 2.75) is 18.6 Å². The molecule has 2 atom stereocenters. The van der Waals surface area contributed by atoms with Crippen LogP contribution in [0, 0.1) is 5.82 Å². The Kier molecular flexibility index (Phi) is 3.43. The van der Waals surface area contributed by atoms with Crippen LogP contribution < -0.4 is 9.47 Å². The van der Waals surface area contributed by atoms with Gasteiger partial charge in [-0.15, -0.1) is 0 Å². The molecule has 21 heavy (non-hydrogen) atoms. The third kappa shape index (κ3) is 2.52. The first-order valence-corrected chi connectivity index (χ1v) is 6.58. The molecule has 5 heteroatoms. The van der Waals surface area contributed by atoms with Crippen LogP contribution in [0.25, 0.3) is 0 Å². The average Bonchev–Trinajstić information content (AvgIpc) is 2.48. The van der Waals surface area contributed by atoms with Crippen molar-refractivity contribution >= 4 is 0 Å². The third-order valence-corrected chi connectivity index (χ3v) is 3.59. The summed E-state index contributed by atoms with van der Waals surface area (Å²) in [6.07, 6.45) is -0.981. The van der Waals surface area contributed by atoms with Crippen molar-refractivity contribution in [2.75, 3.05) is 7.11 Å². The molecule has 110 valence electrons. The van der Waals surface area contributed by atoms with Gasteiger partial charge in [-0.1, -0.05) is 12.1 Å². The fourth-order valence-corrected chi connectivity index (χ4v) is 2.51. The summed E-state index contributed by atoms with van der Waals surface area (Å²) in [7, 11) is 1.38. The van der Waals surface area contributed by atoms with Crippen molar-refractivity contribution < 1.29 is 24.1 Å². The third-order valence-electron chi connectivity index (χ3n) is 3.59. The van der Waals surface area contributed by atoms with Crippen LogP contribution in [-0.2, 0) is 6.42 Å². The number of phenols is 1. The van der Waals surface area contributed by atoms with Crippen LogP contribution in [0.4, 0.5) is 4.39 Å². The van der Waals surface area contributed by atoms with Crippen LogP contribution in [0.2, 0.25) is 0 Å². The zero-order valence-electron chi connectivity index (χ0n) is 11.4. The van der Waals surface area contributed by atoms with Gasteiger partial charge in [0, 0.05) is 12.5 Å². The number of hydrogen-bond donors (Lipinski definition) is 2. The van der Waals surface area contributed by atoms with E-state index < -0.39 is 18.0 Å². The number of aliphatic hydroxyl groups excluding tert-OH is 1. The molecule has 1 heterocycles. The van der Waals surface area contributed by atoms with Crippen molar-refractivity contribution in [3.8, 4) is 17.2 Å². The summed E-state index contributed by atoms with van der Waals surface area (Å²) in [4.78, 5) is 0. The lowest BCUT2D eigenvalue weighted by molar-refractivity contribution is 0.0205. The second-order valence-corrected chi connectivity index (χ2v) is 5.00. The molecular weight excluding hydrogens is 275 g/mol. The lowest BCUT2D eigenvalue weighted by atomic mass is 9.94. The molecule has 0 radical (unpaired) electrons. The summed E-state index contributed by atoms with van der Waals surface area (Å²) in [6, 6.07) is 9.12. The maximum Gasteiger partial charge on any atom is 0.165 e. The summed E-state index contributed by atoms with van der Waals surface area (Å²) in [5, 5.41) is 19.8. The Morgan fingerprint density at radius 3 is 2.81 bits per heavy atom. The topological polar surface area (TPSA) is 58.9 Å². The molecule has 2 N–H and O–H groups in total. The van der Waals surface area contributed by atoms with Crippen molar-refractivity contribution in [1.29, 1.82) is 0 Å². The molecule has 0 saturated heterocycles. The molecule has 2 aromatic carbocycles. The Bertz CT molecular complexity index is 671. The van der Waals surface area contributed by atoms with Crippen LogP contribution in [-0.4, -0.2) is 23.4 Å². The minimum absolute atomic E-state index is 0.0978. The standard InChI is InChI=1S/C16H15FO4/c1-20-15-7-10(3-5-12(15)17)16-13(19)6-9-2-4-11(18)8-14(9)21-16/h2-5,7-8,13,16,18-19H,6H2,1H3/t13-,16-/m1/s1. The molecule has 0 saturated carbocycles. The van der Waals surface area contributed by atoms with Gasteiger partial charge in [-0.05, 0) is 29.3 Å². The fourth-order valence-electron chi connectivity index (χ4n) is 2.51. The number of ether oxygens (including phenoxy) is 2. The maximum atomic E-state index is 13.5. The van der Waals surface area contributed by atoms with Gasteiger partial charge in [0.15, 0.2) is 11.6 Å². The van der Waals surface area contributed by atoms with Crippen molar-refractivity contribution in [3.05, 3.63) is 53.3 Å². The number of phenolic OH excluding ortho intramolecular Hbond substituents is 1. The monoisotopic (exact) mass is 290 g/mol. The van der Waals surface area contributed by atoms with Gasteiger partial charge in [0.1, 0.15) is 17.6 Å². The molecule has 0 aromatic heterocycles. The molecule has 0 unspecified atom stereocenters. The van der Waals surface area contributed by atoms with Crippen LogP contribution in [0.15, 0.2) is 36.4 Å². The molecular formula is C16H15FO4. The van der Waals surface area contributed by atoms with Gasteiger partial charge in [-0.3, -0.25) is 0 Å². The van der Waals surface area contributed by atoms with Gasteiger partial charge in [-0.2, -0.15) is 0 Å². The number of benzene rings is 2. The van der Waals surface area contributed by atoms with Gasteiger partial charge in [0.25, 0.3) is 0 Å². The van der Waals surface area contributed by atoms with Gasteiger partial charge in [0.05, 0.1) is 13.2 Å². The molecule has 4 nitrogen and oxygen atoms in total. The second kappa shape index (κ2) is 5.26. The fraction of sp³-hybridized carbons (Fsp3) is 0.250.